The molecular formula is C15H10ClF2N5. The van der Waals surface area contributed by atoms with Crippen LogP contribution in [0, 0.1) is 11.6 Å². The van der Waals surface area contributed by atoms with Gasteiger partial charge in [-0.25, -0.2) is 8.78 Å². The zero-order chi connectivity index (χ0) is 16.2. The summed E-state index contributed by atoms with van der Waals surface area (Å²) in [7, 11) is 0. The summed E-state index contributed by atoms with van der Waals surface area (Å²) in [5.41, 5.74) is 0.875. The van der Waals surface area contributed by atoms with Gasteiger partial charge in [-0.1, -0.05) is 11.6 Å². The van der Waals surface area contributed by atoms with Crippen molar-refractivity contribution >= 4 is 23.4 Å². The van der Waals surface area contributed by atoms with E-state index in [1.807, 2.05) is 0 Å². The van der Waals surface area contributed by atoms with Crippen molar-refractivity contribution < 1.29 is 8.78 Å². The fraction of sp³-hybridized carbons (Fsp3) is 0. The number of halogens is 3. The van der Waals surface area contributed by atoms with Crippen molar-refractivity contribution in [3.05, 3.63) is 71.1 Å². The fourth-order valence-electron chi connectivity index (χ4n) is 1.88. The average Bonchev–Trinajstić information content (AvgIpc) is 2.99. The molecule has 1 aromatic heterocycles. The maximum Gasteiger partial charge on any atom is 0.181 e. The zero-order valence-electron chi connectivity index (χ0n) is 11.6. The molecule has 8 heteroatoms. The molecule has 0 spiro atoms. The van der Waals surface area contributed by atoms with Crippen LogP contribution in [-0.4, -0.2) is 20.2 Å². The Morgan fingerprint density at radius 1 is 1.09 bits per heavy atom. The number of hydrogen-bond donors (Lipinski definition) is 1. The number of rotatable bonds is 4. The molecule has 23 heavy (non-hydrogen) atoms. The van der Waals surface area contributed by atoms with Gasteiger partial charge in [0, 0.05) is 23.4 Å². The standard InChI is InChI=1S/C15H10ClF2N5/c16-10-1-4-12(5-2-10)23-15(20-21-22-23)7-8-19-14-6-3-11(17)9-13(14)18/h1-9,19H. The van der Waals surface area contributed by atoms with Gasteiger partial charge in [-0.2, -0.15) is 4.68 Å². The predicted octanol–water partition coefficient (Wildman–Crippen LogP) is 3.68. The molecule has 2 aromatic carbocycles. The fourth-order valence-corrected chi connectivity index (χ4v) is 2.00. The molecule has 0 aliphatic rings. The molecule has 1 N–H and O–H groups in total. The molecule has 0 atom stereocenters. The van der Waals surface area contributed by atoms with E-state index in [0.29, 0.717) is 10.8 Å². The topological polar surface area (TPSA) is 55.6 Å². The molecule has 3 rings (SSSR count). The summed E-state index contributed by atoms with van der Waals surface area (Å²) in [5.74, 6) is -0.891. The number of nitrogens with one attached hydrogen (secondary N) is 1. The maximum absolute atomic E-state index is 13.5. The van der Waals surface area contributed by atoms with Crippen LogP contribution in [0.15, 0.2) is 48.7 Å². The van der Waals surface area contributed by atoms with Crippen molar-refractivity contribution in [2.24, 2.45) is 0 Å². The molecule has 0 bridgehead atoms. The minimum absolute atomic E-state index is 0.146. The van der Waals surface area contributed by atoms with Gasteiger partial charge in [0.15, 0.2) is 5.82 Å². The Bertz CT molecular complexity index is 845. The van der Waals surface area contributed by atoms with Crippen molar-refractivity contribution in [2.75, 3.05) is 5.32 Å². The Morgan fingerprint density at radius 2 is 1.87 bits per heavy atom. The van der Waals surface area contributed by atoms with Crippen LogP contribution in [-0.2, 0) is 0 Å². The van der Waals surface area contributed by atoms with Gasteiger partial charge in [-0.15, -0.1) is 5.10 Å². The lowest BCUT2D eigenvalue weighted by atomic mass is 10.3. The highest BCUT2D eigenvalue weighted by molar-refractivity contribution is 6.30. The molecule has 116 valence electrons. The summed E-state index contributed by atoms with van der Waals surface area (Å²) in [6.07, 6.45) is 3.03. The van der Waals surface area contributed by atoms with Crippen LogP contribution in [0.4, 0.5) is 14.5 Å². The molecule has 1 heterocycles. The van der Waals surface area contributed by atoms with Gasteiger partial charge in [-0.3, -0.25) is 0 Å². The number of aromatic nitrogens is 4. The van der Waals surface area contributed by atoms with Crippen LogP contribution < -0.4 is 5.32 Å². The molecule has 0 amide bonds. The first-order valence-electron chi connectivity index (χ1n) is 6.56. The quantitative estimate of drug-likeness (QED) is 0.791. The Kier molecular flexibility index (Phi) is 4.29. The molecule has 3 aromatic rings. The third kappa shape index (κ3) is 3.51. The minimum atomic E-state index is -0.688. The number of anilines is 1. The maximum atomic E-state index is 13.5. The van der Waals surface area contributed by atoms with E-state index >= 15 is 0 Å². The normalized spacial score (nSPS) is 11.1. The van der Waals surface area contributed by atoms with Crippen molar-refractivity contribution in [1.82, 2.24) is 20.2 Å². The third-order valence-electron chi connectivity index (χ3n) is 2.97. The molecule has 0 saturated carbocycles. The average molecular weight is 334 g/mol. The number of nitrogens with zero attached hydrogens (tertiary/aromatic N) is 4. The highest BCUT2D eigenvalue weighted by atomic mass is 35.5. The van der Waals surface area contributed by atoms with Gasteiger partial charge in [0.1, 0.15) is 11.6 Å². The Hall–Kier alpha value is -2.80. The lowest BCUT2D eigenvalue weighted by Crippen LogP contribution is -2.00. The first-order valence-corrected chi connectivity index (χ1v) is 6.94. The summed E-state index contributed by atoms with van der Waals surface area (Å²) in [6, 6.07) is 10.2. The lowest BCUT2D eigenvalue weighted by molar-refractivity contribution is 0.586. The second-order valence-corrected chi connectivity index (χ2v) is 4.96. The summed E-state index contributed by atoms with van der Waals surface area (Å²) >= 11 is 5.84. The zero-order valence-corrected chi connectivity index (χ0v) is 12.4. The van der Waals surface area contributed by atoms with Gasteiger partial charge in [-0.05, 0) is 46.8 Å². The Labute approximate surface area is 135 Å². The van der Waals surface area contributed by atoms with Crippen LogP contribution in [0.1, 0.15) is 5.82 Å². The Morgan fingerprint density at radius 3 is 2.61 bits per heavy atom. The summed E-state index contributed by atoms with van der Waals surface area (Å²) < 4.78 is 27.8. The molecule has 0 saturated heterocycles. The van der Waals surface area contributed by atoms with E-state index < -0.39 is 11.6 Å². The van der Waals surface area contributed by atoms with E-state index in [2.05, 4.69) is 20.8 Å². The van der Waals surface area contributed by atoms with E-state index in [1.54, 1.807) is 30.3 Å². The van der Waals surface area contributed by atoms with E-state index in [4.69, 9.17) is 11.6 Å². The smallest absolute Gasteiger partial charge is 0.181 e. The van der Waals surface area contributed by atoms with Gasteiger partial charge in [0.25, 0.3) is 0 Å². The third-order valence-corrected chi connectivity index (χ3v) is 3.22. The summed E-state index contributed by atoms with van der Waals surface area (Å²) in [5, 5.41) is 14.7. The molecule has 0 unspecified atom stereocenters. The van der Waals surface area contributed by atoms with Gasteiger partial charge >= 0.3 is 0 Å². The van der Waals surface area contributed by atoms with E-state index in [9.17, 15) is 8.78 Å². The molecular weight excluding hydrogens is 324 g/mol. The minimum Gasteiger partial charge on any atom is -0.359 e. The first kappa shape index (κ1) is 15.1. The SMILES string of the molecule is Fc1ccc(NC=Cc2nnnn2-c2ccc(Cl)cc2)c(F)c1. The predicted molar refractivity (Wildman–Crippen MR) is 83.2 cm³/mol. The first-order chi connectivity index (χ1) is 11.1. The number of benzene rings is 2. The van der Waals surface area contributed by atoms with Crippen molar-refractivity contribution in [3.8, 4) is 5.69 Å². The lowest BCUT2D eigenvalue weighted by Gasteiger charge is -2.03. The highest BCUT2D eigenvalue weighted by Gasteiger charge is 2.05. The largest absolute Gasteiger partial charge is 0.359 e. The highest BCUT2D eigenvalue weighted by Crippen LogP contribution is 2.16. The Balaban J connectivity index is 1.78. The number of tetrazole rings is 1. The van der Waals surface area contributed by atoms with Crippen molar-refractivity contribution in [1.29, 1.82) is 0 Å². The monoisotopic (exact) mass is 333 g/mol. The molecule has 0 aliphatic carbocycles. The van der Waals surface area contributed by atoms with Crippen LogP contribution in [0.3, 0.4) is 0 Å². The van der Waals surface area contributed by atoms with E-state index in [-0.39, 0.29) is 5.69 Å². The second kappa shape index (κ2) is 6.53. The molecule has 5 nitrogen and oxygen atoms in total. The molecule has 0 radical (unpaired) electrons. The van der Waals surface area contributed by atoms with Gasteiger partial charge in [0.05, 0.1) is 11.4 Å². The summed E-state index contributed by atoms with van der Waals surface area (Å²) in [4.78, 5) is 0. The van der Waals surface area contributed by atoms with Crippen LogP contribution in [0.25, 0.3) is 11.8 Å². The molecule has 0 fully saturated rings. The number of hydrogen-bond acceptors (Lipinski definition) is 4. The van der Waals surface area contributed by atoms with Crippen molar-refractivity contribution in [2.45, 2.75) is 0 Å². The second-order valence-electron chi connectivity index (χ2n) is 4.53. The van der Waals surface area contributed by atoms with Crippen molar-refractivity contribution in [3.63, 3.8) is 0 Å². The van der Waals surface area contributed by atoms with Crippen LogP contribution in [0.2, 0.25) is 5.02 Å². The summed E-state index contributed by atoms with van der Waals surface area (Å²) in [6.45, 7) is 0. The van der Waals surface area contributed by atoms with Crippen LogP contribution in [0.5, 0.6) is 0 Å². The van der Waals surface area contributed by atoms with Crippen LogP contribution >= 0.6 is 11.6 Å². The molecule has 0 aliphatic heterocycles. The van der Waals surface area contributed by atoms with E-state index in [1.165, 1.54) is 16.9 Å². The van der Waals surface area contributed by atoms with Gasteiger partial charge < -0.3 is 5.32 Å². The van der Waals surface area contributed by atoms with Gasteiger partial charge in [0.2, 0.25) is 0 Å². The van der Waals surface area contributed by atoms with E-state index in [0.717, 1.165) is 17.8 Å².